The van der Waals surface area contributed by atoms with E-state index in [2.05, 4.69) is 10.1 Å². The number of hydrogen-bond acceptors (Lipinski definition) is 5. The molecule has 0 fully saturated rings. The van der Waals surface area contributed by atoms with Crippen molar-refractivity contribution >= 4 is 56.7 Å². The molecule has 1 aliphatic heterocycles. The summed E-state index contributed by atoms with van der Waals surface area (Å²) >= 11 is 13.2. The number of rotatable bonds is 3. The number of thiazole rings is 1. The van der Waals surface area contributed by atoms with E-state index in [4.69, 9.17) is 23.2 Å². The van der Waals surface area contributed by atoms with Crippen molar-refractivity contribution in [3.05, 3.63) is 109 Å². The van der Waals surface area contributed by atoms with E-state index < -0.39 is 0 Å². The summed E-state index contributed by atoms with van der Waals surface area (Å²) in [5.74, 6) is 0.178. The van der Waals surface area contributed by atoms with Crippen LogP contribution >= 0.6 is 34.5 Å². The first kappa shape index (κ1) is 21.0. The Morgan fingerprint density at radius 2 is 1.68 bits per heavy atom. The van der Waals surface area contributed by atoms with Crippen molar-refractivity contribution in [2.45, 2.75) is 6.54 Å². The van der Waals surface area contributed by atoms with E-state index in [9.17, 15) is 9.59 Å². The second-order valence-electron chi connectivity index (χ2n) is 7.79. The van der Waals surface area contributed by atoms with Crippen LogP contribution in [-0.4, -0.2) is 20.5 Å². The zero-order chi connectivity index (χ0) is 23.4. The van der Waals surface area contributed by atoms with Gasteiger partial charge in [-0.25, -0.2) is 0 Å². The van der Waals surface area contributed by atoms with Crippen molar-refractivity contribution in [3.63, 3.8) is 0 Å². The Labute approximate surface area is 207 Å². The minimum Gasteiger partial charge on any atom is -0.303 e. The molecular formula is C25H14Cl2N4O2S. The molecule has 0 aliphatic carbocycles. The molecule has 5 aromatic rings. The summed E-state index contributed by atoms with van der Waals surface area (Å²) in [5, 5.41) is 5.58. The van der Waals surface area contributed by atoms with Gasteiger partial charge >= 0.3 is 0 Å². The number of carbonyl (C=O) groups is 1. The van der Waals surface area contributed by atoms with Crippen LogP contribution < -0.4 is 15.0 Å². The molecule has 6 rings (SSSR count). The van der Waals surface area contributed by atoms with Crippen LogP contribution in [0.4, 0.5) is 5.69 Å². The maximum Gasteiger partial charge on any atom is 0.291 e. The van der Waals surface area contributed by atoms with Crippen LogP contribution in [0.2, 0.25) is 10.0 Å². The second kappa shape index (κ2) is 8.06. The fourth-order valence-electron chi connectivity index (χ4n) is 4.06. The predicted molar refractivity (Wildman–Crippen MR) is 134 cm³/mol. The molecule has 2 aromatic heterocycles. The van der Waals surface area contributed by atoms with Crippen LogP contribution in [-0.2, 0) is 11.3 Å². The Morgan fingerprint density at radius 1 is 0.882 bits per heavy atom. The van der Waals surface area contributed by atoms with Gasteiger partial charge in [-0.3, -0.25) is 9.59 Å². The van der Waals surface area contributed by atoms with Crippen LogP contribution in [0, 0.1) is 0 Å². The third-order valence-corrected chi connectivity index (χ3v) is 7.16. The Hall–Kier alpha value is -3.52. The predicted octanol–water partition coefficient (Wildman–Crippen LogP) is 4.59. The van der Waals surface area contributed by atoms with E-state index in [1.807, 2.05) is 42.5 Å². The number of anilines is 1. The highest BCUT2D eigenvalue weighted by atomic mass is 35.5. The summed E-state index contributed by atoms with van der Waals surface area (Å²) < 4.78 is 1.57. The van der Waals surface area contributed by atoms with Gasteiger partial charge in [0.2, 0.25) is 4.96 Å². The summed E-state index contributed by atoms with van der Waals surface area (Å²) in [6.07, 6.45) is 0. The van der Waals surface area contributed by atoms with Crippen LogP contribution in [0.25, 0.3) is 21.9 Å². The van der Waals surface area contributed by atoms with Gasteiger partial charge in [0.25, 0.3) is 11.5 Å². The van der Waals surface area contributed by atoms with E-state index in [-0.39, 0.29) is 11.5 Å². The number of aromatic nitrogens is 3. The van der Waals surface area contributed by atoms with Gasteiger partial charge in [-0.05, 0) is 35.9 Å². The Balaban J connectivity index is 1.49. The minimum absolute atomic E-state index is 0.229. The number of benzene rings is 3. The SMILES string of the molecule is O=C1C(=c2sc3nc(-c4cccc(Cl)c4)nn3c2=O)c2ccccc2N1Cc1ccc(Cl)cc1. The summed E-state index contributed by atoms with van der Waals surface area (Å²) in [6.45, 7) is 0.365. The standard InChI is InChI=1S/C25H14Cl2N4O2S/c26-16-10-8-14(9-11-16)13-30-19-7-2-1-6-18(19)20(23(30)32)21-24(33)31-25(34-21)28-22(29-31)15-4-3-5-17(27)12-15/h1-12H,13H2. The molecule has 0 saturated heterocycles. The monoisotopic (exact) mass is 504 g/mol. The molecular weight excluding hydrogens is 491 g/mol. The van der Waals surface area contributed by atoms with Crippen molar-refractivity contribution in [1.29, 1.82) is 0 Å². The topological polar surface area (TPSA) is 67.6 Å². The van der Waals surface area contributed by atoms with Crippen molar-refractivity contribution in [2.75, 3.05) is 4.90 Å². The Bertz CT molecular complexity index is 1710. The number of fused-ring (bicyclic) bond motifs is 2. The van der Waals surface area contributed by atoms with E-state index in [0.29, 0.717) is 43.0 Å². The lowest BCUT2D eigenvalue weighted by atomic mass is 10.1. The molecule has 3 heterocycles. The molecule has 166 valence electrons. The highest BCUT2D eigenvalue weighted by Crippen LogP contribution is 2.36. The highest BCUT2D eigenvalue weighted by molar-refractivity contribution is 7.15. The van der Waals surface area contributed by atoms with Gasteiger partial charge in [0.05, 0.1) is 17.8 Å². The fraction of sp³-hybridized carbons (Fsp3) is 0.0400. The average Bonchev–Trinajstić information content (AvgIpc) is 3.47. The second-order valence-corrected chi connectivity index (χ2v) is 9.64. The van der Waals surface area contributed by atoms with Crippen molar-refractivity contribution in [3.8, 4) is 11.4 Å². The van der Waals surface area contributed by atoms with Crippen LogP contribution in [0.15, 0.2) is 77.6 Å². The molecule has 0 saturated carbocycles. The molecule has 1 amide bonds. The first-order valence-corrected chi connectivity index (χ1v) is 11.9. The molecule has 0 spiro atoms. The third-order valence-electron chi connectivity index (χ3n) is 5.64. The quantitative estimate of drug-likeness (QED) is 0.360. The summed E-state index contributed by atoms with van der Waals surface area (Å²) in [5.41, 5.74) is 3.13. The molecule has 1 aliphatic rings. The molecule has 6 nitrogen and oxygen atoms in total. The molecule has 0 bridgehead atoms. The molecule has 0 atom stereocenters. The molecule has 0 N–H and O–H groups in total. The lowest BCUT2D eigenvalue weighted by molar-refractivity contribution is -0.113. The van der Waals surface area contributed by atoms with Crippen molar-refractivity contribution < 1.29 is 4.79 Å². The number of amides is 1. The number of nitrogens with zero attached hydrogens (tertiary/aromatic N) is 4. The van der Waals surface area contributed by atoms with Gasteiger partial charge < -0.3 is 4.90 Å². The molecule has 0 unspecified atom stereocenters. The van der Waals surface area contributed by atoms with Crippen LogP contribution in [0.1, 0.15) is 11.1 Å². The Morgan fingerprint density at radius 3 is 2.44 bits per heavy atom. The summed E-state index contributed by atoms with van der Waals surface area (Å²) in [4.78, 5) is 33.5. The van der Waals surface area contributed by atoms with E-state index in [1.165, 1.54) is 4.52 Å². The third kappa shape index (κ3) is 3.40. The number of halogens is 2. The lowest BCUT2D eigenvalue weighted by Gasteiger charge is -2.17. The van der Waals surface area contributed by atoms with Gasteiger partial charge in [-0.1, -0.05) is 77.0 Å². The number of para-hydroxylation sites is 1. The molecule has 34 heavy (non-hydrogen) atoms. The lowest BCUT2D eigenvalue weighted by Crippen LogP contribution is -2.32. The van der Waals surface area contributed by atoms with Gasteiger partial charge in [0.15, 0.2) is 5.82 Å². The van der Waals surface area contributed by atoms with E-state index in [1.54, 1.807) is 35.2 Å². The van der Waals surface area contributed by atoms with Gasteiger partial charge in [0.1, 0.15) is 4.53 Å². The normalized spacial score (nSPS) is 14.8. The van der Waals surface area contributed by atoms with Gasteiger partial charge in [0, 0.05) is 21.2 Å². The largest absolute Gasteiger partial charge is 0.303 e. The zero-order valence-corrected chi connectivity index (χ0v) is 19.7. The first-order chi connectivity index (χ1) is 16.5. The average molecular weight is 505 g/mol. The van der Waals surface area contributed by atoms with Crippen LogP contribution in [0.5, 0.6) is 0 Å². The maximum absolute atomic E-state index is 13.6. The highest BCUT2D eigenvalue weighted by Gasteiger charge is 2.34. The molecule has 3 aromatic carbocycles. The Kier molecular flexibility index (Phi) is 4.99. The zero-order valence-electron chi connectivity index (χ0n) is 17.4. The van der Waals surface area contributed by atoms with E-state index >= 15 is 0 Å². The first-order valence-electron chi connectivity index (χ1n) is 10.3. The molecule has 9 heteroatoms. The smallest absolute Gasteiger partial charge is 0.291 e. The van der Waals surface area contributed by atoms with Crippen LogP contribution in [0.3, 0.4) is 0 Å². The summed E-state index contributed by atoms with van der Waals surface area (Å²) in [7, 11) is 0. The minimum atomic E-state index is -0.368. The van der Waals surface area contributed by atoms with Gasteiger partial charge in [-0.15, -0.1) is 5.10 Å². The van der Waals surface area contributed by atoms with E-state index in [0.717, 1.165) is 28.2 Å². The maximum atomic E-state index is 13.6. The fourth-order valence-corrected chi connectivity index (χ4v) is 5.38. The number of hydrogen-bond donors (Lipinski definition) is 0. The van der Waals surface area contributed by atoms with Crippen molar-refractivity contribution in [2.24, 2.45) is 0 Å². The number of carbonyl (C=O) groups excluding carboxylic acids is 1. The van der Waals surface area contributed by atoms with Gasteiger partial charge in [-0.2, -0.15) is 9.50 Å². The molecule has 0 radical (unpaired) electrons. The van der Waals surface area contributed by atoms with Crippen molar-refractivity contribution in [1.82, 2.24) is 14.6 Å². The summed E-state index contributed by atoms with van der Waals surface area (Å²) in [6, 6.07) is 22.0.